The molecule has 0 radical (unpaired) electrons. The normalized spacial score (nSPS) is 23.6. The first-order valence-corrected chi connectivity index (χ1v) is 15.5. The lowest BCUT2D eigenvalue weighted by Crippen LogP contribution is -2.46. The van der Waals surface area contributed by atoms with E-state index in [1.54, 1.807) is 6.92 Å². The van der Waals surface area contributed by atoms with Crippen LogP contribution in [-0.2, 0) is 9.59 Å². The number of nitrogens with one attached hydrogen (secondary N) is 1. The molecule has 1 aromatic heterocycles. The fourth-order valence-corrected chi connectivity index (χ4v) is 5.80. The first kappa shape index (κ1) is 35.4. The van der Waals surface area contributed by atoms with E-state index < -0.39 is 63.5 Å². The third kappa shape index (κ3) is 9.21. The first-order chi connectivity index (χ1) is 20.6. The van der Waals surface area contributed by atoms with Crippen LogP contribution in [-0.4, -0.2) is 64.4 Å². The highest BCUT2D eigenvalue weighted by Crippen LogP contribution is 3.02. The monoisotopic (exact) mass is 664 g/mol. The van der Waals surface area contributed by atoms with Crippen molar-refractivity contribution in [2.75, 3.05) is 18.5 Å². The largest absolute Gasteiger partial charge is 0.388 e. The summed E-state index contributed by atoms with van der Waals surface area (Å²) < 4.78 is 92.3. The van der Waals surface area contributed by atoms with Crippen LogP contribution in [0.1, 0.15) is 56.2 Å². The van der Waals surface area contributed by atoms with Gasteiger partial charge in [-0.1, -0.05) is 19.4 Å². The Morgan fingerprint density at radius 2 is 1.76 bits per heavy atom. The number of aromatic nitrogens is 1. The topological polar surface area (TPSA) is 133 Å². The molecule has 2 heterocycles. The summed E-state index contributed by atoms with van der Waals surface area (Å²) in [6, 6.07) is 2.96. The molecule has 4 rings (SSSR count). The van der Waals surface area contributed by atoms with Gasteiger partial charge >= 0.3 is 10.2 Å². The number of nitrogens with zero attached hydrogens (tertiary/aromatic N) is 5. The molecule has 0 bridgehead atoms. The number of β-amino-alcohol motifs (C(OH)–C–C–N with tert-alkyl or cyclic N) is 1. The van der Waals surface area contributed by atoms with E-state index in [-0.39, 0.29) is 48.3 Å². The van der Waals surface area contributed by atoms with Gasteiger partial charge in [-0.25, -0.2) is 8.78 Å². The molecule has 1 aromatic carbocycles. The maximum Gasteiger partial charge on any atom is 0.310 e. The summed E-state index contributed by atoms with van der Waals surface area (Å²) in [7, 11) is -8.55. The van der Waals surface area contributed by atoms with Crippen molar-refractivity contribution >= 4 is 28.1 Å². The molecule has 2 aliphatic rings. The minimum Gasteiger partial charge on any atom is -0.388 e. The lowest BCUT2D eigenvalue weighted by Gasteiger charge is -2.40. The zero-order valence-electron chi connectivity index (χ0n) is 24.1. The van der Waals surface area contributed by atoms with Gasteiger partial charge in [-0.05, 0) is 50.1 Å². The number of hydrogen-bond donors (Lipinski definition) is 2. The Balaban J connectivity index is 0.000000423. The smallest absolute Gasteiger partial charge is 0.310 e. The number of carbonyl (C=O) groups is 2. The second-order valence-corrected chi connectivity index (χ2v) is 13.7. The number of pyridine rings is 1. The van der Waals surface area contributed by atoms with Crippen molar-refractivity contribution in [3.63, 3.8) is 0 Å². The van der Waals surface area contributed by atoms with Crippen LogP contribution in [0.3, 0.4) is 0 Å². The average Bonchev–Trinajstić information content (AvgIpc) is 3.27. The van der Waals surface area contributed by atoms with Gasteiger partial charge in [0.25, 0.3) is 0 Å². The van der Waals surface area contributed by atoms with Crippen LogP contribution < -0.4 is 10.2 Å². The molecular weight excluding hydrogens is 633 g/mol. The molecule has 2 unspecified atom stereocenters. The highest BCUT2D eigenvalue weighted by atomic mass is 32.5. The number of nitriles is 2. The van der Waals surface area contributed by atoms with Crippen molar-refractivity contribution in [1.29, 1.82) is 10.5 Å². The molecule has 2 aromatic rings. The average molecular weight is 665 g/mol. The Labute approximate surface area is 255 Å². The molecule has 0 spiro atoms. The number of anilines is 1. The molecule has 2 N–H and O–H groups in total. The van der Waals surface area contributed by atoms with Crippen LogP contribution in [0.2, 0.25) is 0 Å². The van der Waals surface area contributed by atoms with Crippen LogP contribution in [0.5, 0.6) is 0 Å². The number of likely N-dealkylation sites (N-methyl/N-ethyl adjacent to an activating group) is 1. The fraction of sp³-hybridized carbons (Fsp3) is 0.464. The van der Waals surface area contributed by atoms with Gasteiger partial charge in [-0.15, -0.1) is 0 Å². The number of aliphatic hydroxyl groups is 1. The molecule has 1 saturated carbocycles. The van der Waals surface area contributed by atoms with Gasteiger partial charge in [0.15, 0.2) is 6.19 Å². The second kappa shape index (κ2) is 12.0. The van der Waals surface area contributed by atoms with Gasteiger partial charge < -0.3 is 20.1 Å². The summed E-state index contributed by atoms with van der Waals surface area (Å²) in [6.45, 7) is 1.88. The summed E-state index contributed by atoms with van der Waals surface area (Å²) in [4.78, 5) is 27.9. The standard InChI is InChI=1S/C21H21F7N4OS.C7H10N2O2/c1-32(16-2-4-17(5-3-16)34(24,25,26,27)28)19(18-13-30-11-8-14(18)12-29)20(33)31-15-6-9-21(22,23)10-7-15;1-7(11)2-6(3-10)9(4-7)5-8/h2-5,8,11,13,15,19H,6-7,9-10H2,1H3,(H,31,33);3,6,11H,2,4H2,1H3/t;6?,7-/m.1/s1. The molecule has 1 aliphatic heterocycles. The van der Waals surface area contributed by atoms with Gasteiger partial charge in [-0.2, -0.15) is 10.5 Å². The number of rotatable bonds is 7. The van der Waals surface area contributed by atoms with Gasteiger partial charge in [0.2, 0.25) is 11.8 Å². The van der Waals surface area contributed by atoms with E-state index in [4.69, 9.17) is 5.26 Å². The Hall–Kier alpha value is -4.09. The van der Waals surface area contributed by atoms with E-state index in [2.05, 4.69) is 10.3 Å². The highest BCUT2D eigenvalue weighted by Gasteiger charge is 2.65. The van der Waals surface area contributed by atoms with Gasteiger partial charge in [-0.3, -0.25) is 14.7 Å². The lowest BCUT2D eigenvalue weighted by molar-refractivity contribution is -0.124. The number of carbonyl (C=O) groups excluding carboxylic acids is 2. The molecule has 3 atom stereocenters. The van der Waals surface area contributed by atoms with Crippen molar-refractivity contribution in [2.24, 2.45) is 0 Å². The Bertz CT molecular complexity index is 1480. The predicted molar refractivity (Wildman–Crippen MR) is 151 cm³/mol. The third-order valence-corrected chi connectivity index (χ3v) is 8.66. The minimum atomic E-state index is -9.89. The van der Waals surface area contributed by atoms with Crippen LogP contribution in [0.4, 0.5) is 33.9 Å². The predicted octanol–water partition coefficient (Wildman–Crippen LogP) is 5.97. The maximum absolute atomic E-state index is 13.5. The zero-order chi connectivity index (χ0) is 33.9. The molecule has 9 nitrogen and oxygen atoms in total. The molecule has 246 valence electrons. The van der Waals surface area contributed by atoms with Gasteiger partial charge in [0.1, 0.15) is 17.2 Å². The van der Waals surface area contributed by atoms with Gasteiger partial charge in [0, 0.05) is 56.0 Å². The fourth-order valence-electron chi connectivity index (χ4n) is 5.14. The van der Waals surface area contributed by atoms with E-state index in [0.717, 1.165) is 12.1 Å². The second-order valence-electron chi connectivity index (χ2n) is 11.3. The van der Waals surface area contributed by atoms with Crippen LogP contribution in [0.15, 0.2) is 47.6 Å². The summed E-state index contributed by atoms with van der Waals surface area (Å²) in [5, 5.41) is 30.1. The van der Waals surface area contributed by atoms with Crippen molar-refractivity contribution in [1.82, 2.24) is 15.2 Å². The number of benzene rings is 1. The molecule has 2 fully saturated rings. The number of amides is 1. The quantitative estimate of drug-likeness (QED) is 0.210. The SMILES string of the molecule is CN(c1ccc(S(F)(F)(F)(F)F)cc1)C(C(=O)NC1CCC(F)(F)CC1)c1cnccc1C#N.C[C@@]1(O)CC(C=O)N(C#N)C1. The number of likely N-dealkylation sites (tertiary alicyclic amines) is 1. The van der Waals surface area contributed by atoms with Crippen LogP contribution >= 0.6 is 10.2 Å². The minimum absolute atomic E-state index is 0.0197. The number of alkyl halides is 2. The Morgan fingerprint density at radius 1 is 1.16 bits per heavy atom. The van der Waals surface area contributed by atoms with E-state index in [1.807, 2.05) is 12.3 Å². The van der Waals surface area contributed by atoms with Crippen molar-refractivity contribution in [3.8, 4) is 12.3 Å². The van der Waals surface area contributed by atoms with Crippen molar-refractivity contribution < 1.29 is 42.9 Å². The Morgan fingerprint density at radius 3 is 2.24 bits per heavy atom. The molecule has 1 amide bonds. The van der Waals surface area contributed by atoms with E-state index in [0.29, 0.717) is 12.7 Å². The summed E-state index contributed by atoms with van der Waals surface area (Å²) >= 11 is 0. The van der Waals surface area contributed by atoms with E-state index >= 15 is 0 Å². The van der Waals surface area contributed by atoms with Crippen molar-refractivity contribution in [3.05, 3.63) is 53.9 Å². The Kier molecular flexibility index (Phi) is 9.45. The number of hydrogen-bond acceptors (Lipinski definition) is 8. The zero-order valence-corrected chi connectivity index (χ0v) is 25.0. The first-order valence-electron chi connectivity index (χ1n) is 13.5. The molecule has 1 saturated heterocycles. The molecule has 1 aliphatic carbocycles. The number of aldehydes is 1. The molecule has 17 heteroatoms. The summed E-state index contributed by atoms with van der Waals surface area (Å²) in [6.07, 6.45) is 4.67. The third-order valence-electron chi connectivity index (χ3n) is 7.50. The number of halogens is 7. The van der Waals surface area contributed by atoms with Crippen LogP contribution in [0, 0.1) is 22.8 Å². The molecule has 45 heavy (non-hydrogen) atoms. The lowest BCUT2D eigenvalue weighted by atomic mass is 9.91. The van der Waals surface area contributed by atoms with E-state index in [1.165, 1.54) is 35.3 Å². The summed E-state index contributed by atoms with van der Waals surface area (Å²) in [5.74, 6) is -3.52. The summed E-state index contributed by atoms with van der Waals surface area (Å²) in [5.41, 5.74) is -0.737. The van der Waals surface area contributed by atoms with E-state index in [9.17, 15) is 48.2 Å². The van der Waals surface area contributed by atoms with Crippen molar-refractivity contribution in [2.45, 2.75) is 73.6 Å². The molecular formula is C28H31F7N6O3S. The van der Waals surface area contributed by atoms with Crippen LogP contribution in [0.25, 0.3) is 0 Å². The maximum atomic E-state index is 13.5. The van der Waals surface area contributed by atoms with Gasteiger partial charge in [0.05, 0.1) is 29.8 Å². The highest BCUT2D eigenvalue weighted by molar-refractivity contribution is 8.45.